The molecule has 1 aromatic rings. The number of aliphatic imine (C=N–C) groups is 1. The Labute approximate surface area is 150 Å². The Morgan fingerprint density at radius 3 is 2.55 bits per heavy atom. The van der Waals surface area contributed by atoms with Gasteiger partial charge in [-0.05, 0) is 13.8 Å². The predicted molar refractivity (Wildman–Crippen MR) is 101 cm³/mol. The number of hydrogen-bond donors (Lipinski definition) is 1. The van der Waals surface area contributed by atoms with E-state index in [-0.39, 0.29) is 29.5 Å². The van der Waals surface area contributed by atoms with Crippen molar-refractivity contribution >= 4 is 29.9 Å². The highest BCUT2D eigenvalue weighted by molar-refractivity contribution is 14.0. The van der Waals surface area contributed by atoms with Crippen LogP contribution in [0.1, 0.15) is 40.4 Å². The topological polar surface area (TPSA) is 58.3 Å². The number of aromatic nitrogens is 3. The number of guanidine groups is 1. The van der Waals surface area contributed by atoms with Crippen LogP contribution in [-0.4, -0.2) is 51.3 Å². The van der Waals surface area contributed by atoms with Gasteiger partial charge in [0, 0.05) is 44.1 Å². The van der Waals surface area contributed by atoms with Gasteiger partial charge in [-0.25, -0.2) is 0 Å². The molecule has 6 nitrogen and oxygen atoms in total. The lowest BCUT2D eigenvalue weighted by atomic mass is 9.65. The lowest BCUT2D eigenvalue weighted by Gasteiger charge is -2.62. The molecule has 126 valence electrons. The molecular weight excluding hydrogens is 391 g/mol. The molecule has 0 amide bonds. The third-order valence-electron chi connectivity index (χ3n) is 5.00. The maximum atomic E-state index is 4.42. The second-order valence-corrected chi connectivity index (χ2v) is 6.80. The number of aryl methyl sites for hydroxylation is 1. The number of nitrogens with one attached hydrogen (secondary N) is 1. The molecule has 1 N–H and O–H groups in total. The number of likely N-dealkylation sites (tertiary alicyclic amines) is 1. The zero-order valence-corrected chi connectivity index (χ0v) is 16.9. The van der Waals surface area contributed by atoms with E-state index in [2.05, 4.69) is 64.6 Å². The standard InChI is InChI=1S/C15H28N6.HI/c1-7-12-19-18-11-20(12)9-8-17-13(16-6)21-10-14(2,3)15(21,4)5;/h11H,7-10H2,1-6H3,(H,16,17);1H. The first kappa shape index (κ1) is 19.2. The van der Waals surface area contributed by atoms with Crippen molar-refractivity contribution in [3.05, 3.63) is 12.2 Å². The SMILES string of the molecule is CCc1nncn1CCNC(=NC)N1CC(C)(C)C1(C)C.I. The van der Waals surface area contributed by atoms with Crippen molar-refractivity contribution in [3.8, 4) is 0 Å². The van der Waals surface area contributed by atoms with Gasteiger partial charge in [-0.1, -0.05) is 20.8 Å². The summed E-state index contributed by atoms with van der Waals surface area (Å²) in [6.45, 7) is 14.0. The van der Waals surface area contributed by atoms with E-state index in [1.807, 2.05) is 7.05 Å². The van der Waals surface area contributed by atoms with E-state index >= 15 is 0 Å². The first-order valence-corrected chi connectivity index (χ1v) is 7.68. The van der Waals surface area contributed by atoms with Crippen molar-refractivity contribution in [2.24, 2.45) is 10.4 Å². The number of nitrogens with zero attached hydrogens (tertiary/aromatic N) is 5. The molecule has 1 aliphatic heterocycles. The Morgan fingerprint density at radius 2 is 2.05 bits per heavy atom. The van der Waals surface area contributed by atoms with Gasteiger partial charge in [0.05, 0.1) is 0 Å². The van der Waals surface area contributed by atoms with Crippen LogP contribution in [0.25, 0.3) is 0 Å². The number of hydrogen-bond acceptors (Lipinski definition) is 3. The zero-order chi connectivity index (χ0) is 15.7. The summed E-state index contributed by atoms with van der Waals surface area (Å²) in [6.07, 6.45) is 2.70. The van der Waals surface area contributed by atoms with Crippen LogP contribution in [0, 0.1) is 5.41 Å². The van der Waals surface area contributed by atoms with Crippen molar-refractivity contribution < 1.29 is 0 Å². The van der Waals surface area contributed by atoms with Gasteiger partial charge < -0.3 is 14.8 Å². The largest absolute Gasteiger partial charge is 0.354 e. The predicted octanol–water partition coefficient (Wildman–Crippen LogP) is 2.15. The quantitative estimate of drug-likeness (QED) is 0.461. The summed E-state index contributed by atoms with van der Waals surface area (Å²) in [5.74, 6) is 2.00. The van der Waals surface area contributed by atoms with Crippen LogP contribution in [0.4, 0.5) is 0 Å². The third kappa shape index (κ3) is 3.38. The highest BCUT2D eigenvalue weighted by atomic mass is 127. The number of rotatable bonds is 4. The minimum Gasteiger partial charge on any atom is -0.354 e. The molecule has 0 aromatic carbocycles. The van der Waals surface area contributed by atoms with E-state index in [4.69, 9.17) is 0 Å². The van der Waals surface area contributed by atoms with Crippen LogP contribution < -0.4 is 5.32 Å². The molecule has 0 spiro atoms. The van der Waals surface area contributed by atoms with E-state index in [0.29, 0.717) is 5.41 Å². The van der Waals surface area contributed by atoms with E-state index in [0.717, 1.165) is 37.8 Å². The molecule has 0 bridgehead atoms. The Morgan fingerprint density at radius 1 is 1.36 bits per heavy atom. The lowest BCUT2D eigenvalue weighted by molar-refractivity contribution is -0.0667. The van der Waals surface area contributed by atoms with E-state index in [9.17, 15) is 0 Å². The highest BCUT2D eigenvalue weighted by Gasteiger charge is 2.53. The van der Waals surface area contributed by atoms with Crippen molar-refractivity contribution in [1.29, 1.82) is 0 Å². The highest BCUT2D eigenvalue weighted by Crippen LogP contribution is 2.46. The van der Waals surface area contributed by atoms with Crippen LogP contribution in [-0.2, 0) is 13.0 Å². The number of halogens is 1. The van der Waals surface area contributed by atoms with Crippen LogP contribution in [0.2, 0.25) is 0 Å². The van der Waals surface area contributed by atoms with Crippen molar-refractivity contribution in [2.45, 2.75) is 53.1 Å². The normalized spacial score (nSPS) is 19.4. The van der Waals surface area contributed by atoms with Crippen molar-refractivity contribution in [2.75, 3.05) is 20.1 Å². The van der Waals surface area contributed by atoms with E-state index in [1.54, 1.807) is 6.33 Å². The summed E-state index contributed by atoms with van der Waals surface area (Å²) < 4.78 is 2.09. The molecule has 7 heteroatoms. The smallest absolute Gasteiger partial charge is 0.194 e. The summed E-state index contributed by atoms with van der Waals surface area (Å²) in [5, 5.41) is 11.5. The molecule has 1 saturated heterocycles. The Bertz CT molecular complexity index is 520. The van der Waals surface area contributed by atoms with Gasteiger partial charge >= 0.3 is 0 Å². The van der Waals surface area contributed by atoms with Gasteiger partial charge in [0.25, 0.3) is 0 Å². The molecule has 0 saturated carbocycles. The van der Waals surface area contributed by atoms with Crippen LogP contribution in [0.15, 0.2) is 11.3 Å². The second kappa shape index (κ2) is 7.14. The van der Waals surface area contributed by atoms with Gasteiger partial charge in [0.2, 0.25) is 0 Å². The van der Waals surface area contributed by atoms with Gasteiger partial charge in [0.1, 0.15) is 12.2 Å². The van der Waals surface area contributed by atoms with Gasteiger partial charge in [-0.15, -0.1) is 34.2 Å². The average Bonchev–Trinajstić information content (AvgIpc) is 2.89. The fraction of sp³-hybridized carbons (Fsp3) is 0.800. The van der Waals surface area contributed by atoms with Crippen molar-refractivity contribution in [1.82, 2.24) is 25.0 Å². The maximum absolute atomic E-state index is 4.42. The summed E-state index contributed by atoms with van der Waals surface area (Å²) in [7, 11) is 1.85. The Kier molecular flexibility index (Phi) is 6.23. The van der Waals surface area contributed by atoms with Gasteiger partial charge in [-0.2, -0.15) is 0 Å². The molecule has 0 unspecified atom stereocenters. The van der Waals surface area contributed by atoms with Crippen LogP contribution >= 0.6 is 24.0 Å². The third-order valence-corrected chi connectivity index (χ3v) is 5.00. The minimum absolute atomic E-state index is 0. The maximum Gasteiger partial charge on any atom is 0.194 e. The fourth-order valence-electron chi connectivity index (χ4n) is 2.72. The van der Waals surface area contributed by atoms with E-state index in [1.165, 1.54) is 0 Å². The van der Waals surface area contributed by atoms with Gasteiger partial charge in [-0.3, -0.25) is 4.99 Å². The average molecular weight is 420 g/mol. The Hall–Kier alpha value is -0.860. The second-order valence-electron chi connectivity index (χ2n) is 6.80. The van der Waals surface area contributed by atoms with Crippen LogP contribution in [0.3, 0.4) is 0 Å². The lowest BCUT2D eigenvalue weighted by Crippen LogP contribution is -2.72. The molecule has 0 radical (unpaired) electrons. The monoisotopic (exact) mass is 420 g/mol. The molecular formula is C15H29IN6. The molecule has 0 atom stereocenters. The molecule has 0 aliphatic carbocycles. The minimum atomic E-state index is 0. The van der Waals surface area contributed by atoms with Crippen molar-refractivity contribution in [3.63, 3.8) is 0 Å². The summed E-state index contributed by atoms with van der Waals surface area (Å²) >= 11 is 0. The molecule has 22 heavy (non-hydrogen) atoms. The summed E-state index contributed by atoms with van der Waals surface area (Å²) in [4.78, 5) is 6.77. The zero-order valence-electron chi connectivity index (χ0n) is 14.6. The summed E-state index contributed by atoms with van der Waals surface area (Å²) in [6, 6.07) is 0. The van der Waals surface area contributed by atoms with Crippen LogP contribution in [0.5, 0.6) is 0 Å². The Balaban J connectivity index is 0.00000242. The summed E-state index contributed by atoms with van der Waals surface area (Å²) in [5.41, 5.74) is 0.439. The molecule has 2 rings (SSSR count). The molecule has 2 heterocycles. The first-order valence-electron chi connectivity index (χ1n) is 7.68. The fourth-order valence-corrected chi connectivity index (χ4v) is 2.72. The van der Waals surface area contributed by atoms with Gasteiger partial charge in [0.15, 0.2) is 5.96 Å². The first-order chi connectivity index (χ1) is 9.83. The molecule has 1 aromatic heterocycles. The molecule has 1 fully saturated rings. The molecule has 1 aliphatic rings. The van der Waals surface area contributed by atoms with E-state index < -0.39 is 0 Å².